The molecule has 0 bridgehead atoms. The van der Waals surface area contributed by atoms with E-state index in [1.165, 1.54) is 0 Å². The summed E-state index contributed by atoms with van der Waals surface area (Å²) in [7, 11) is 6.67. The second-order valence-corrected chi connectivity index (χ2v) is 11.5. The molecule has 0 saturated heterocycles. The van der Waals surface area contributed by atoms with E-state index in [2.05, 4.69) is 39.8 Å². The molecule has 0 heterocycles. The number of hydrogen-bond donors (Lipinski definition) is 2. The SMILES string of the molecule is CCc1c(CC)c(O)c2c(c1OC)c(OC)c(-c1c(OC)c3c(OC)c(CC)c(CC)c(O)c3c3ccccc13)c1ccccc12. The molecule has 6 nitrogen and oxygen atoms in total. The minimum atomic E-state index is 0.248. The molecule has 0 aliphatic carbocycles. The minimum absolute atomic E-state index is 0.248. The van der Waals surface area contributed by atoms with Crippen LogP contribution >= 0.6 is 0 Å². The van der Waals surface area contributed by atoms with Gasteiger partial charge in [-0.2, -0.15) is 0 Å². The molecule has 0 unspecified atom stereocenters. The van der Waals surface area contributed by atoms with Crippen molar-refractivity contribution in [2.24, 2.45) is 0 Å². The Kier molecular flexibility index (Phi) is 8.24. The van der Waals surface area contributed by atoms with Crippen LogP contribution in [0.15, 0.2) is 48.5 Å². The highest BCUT2D eigenvalue weighted by molar-refractivity contribution is 6.28. The van der Waals surface area contributed by atoms with Crippen LogP contribution in [0, 0.1) is 0 Å². The molecule has 6 aromatic carbocycles. The monoisotopic (exact) mass is 618 g/mol. The fourth-order valence-electron chi connectivity index (χ4n) is 7.78. The van der Waals surface area contributed by atoms with Gasteiger partial charge in [-0.3, -0.25) is 0 Å². The highest BCUT2D eigenvalue weighted by atomic mass is 16.5. The molecule has 0 aromatic heterocycles. The van der Waals surface area contributed by atoms with Crippen molar-refractivity contribution in [1.82, 2.24) is 0 Å². The van der Waals surface area contributed by atoms with Gasteiger partial charge >= 0.3 is 0 Å². The molecule has 6 heteroatoms. The highest BCUT2D eigenvalue weighted by Crippen LogP contribution is 2.58. The number of fused-ring (bicyclic) bond motifs is 6. The first-order valence-corrected chi connectivity index (χ1v) is 16.0. The van der Waals surface area contributed by atoms with Gasteiger partial charge in [0.15, 0.2) is 0 Å². The van der Waals surface area contributed by atoms with Crippen molar-refractivity contribution in [3.05, 3.63) is 70.8 Å². The first-order chi connectivity index (χ1) is 22.4. The van der Waals surface area contributed by atoms with Crippen molar-refractivity contribution >= 4 is 43.1 Å². The number of phenolic OH excluding ortho intramolecular Hbond substituents is 2. The summed E-state index contributed by atoms with van der Waals surface area (Å²) in [6, 6.07) is 16.2. The van der Waals surface area contributed by atoms with Crippen molar-refractivity contribution in [2.75, 3.05) is 28.4 Å². The van der Waals surface area contributed by atoms with Gasteiger partial charge < -0.3 is 29.2 Å². The molecule has 0 spiro atoms. The lowest BCUT2D eigenvalue weighted by Crippen LogP contribution is -2.04. The van der Waals surface area contributed by atoms with Crippen LogP contribution in [0.3, 0.4) is 0 Å². The number of hydrogen-bond acceptors (Lipinski definition) is 6. The van der Waals surface area contributed by atoms with E-state index in [0.29, 0.717) is 70.2 Å². The Labute approximate surface area is 270 Å². The summed E-state index contributed by atoms with van der Waals surface area (Å²) in [5.41, 5.74) is 5.28. The molecule has 0 aliphatic heterocycles. The summed E-state index contributed by atoms with van der Waals surface area (Å²) in [5.74, 6) is 3.03. The van der Waals surface area contributed by atoms with Gasteiger partial charge in [0.1, 0.15) is 34.5 Å². The molecular formula is C40H42O6. The predicted molar refractivity (Wildman–Crippen MR) is 189 cm³/mol. The fourth-order valence-corrected chi connectivity index (χ4v) is 7.78. The Bertz CT molecular complexity index is 2010. The number of methoxy groups -OCH3 is 4. The maximum absolute atomic E-state index is 11.9. The van der Waals surface area contributed by atoms with Gasteiger partial charge in [0, 0.05) is 44.2 Å². The minimum Gasteiger partial charge on any atom is -0.507 e. The van der Waals surface area contributed by atoms with Crippen LogP contribution in [-0.4, -0.2) is 38.7 Å². The van der Waals surface area contributed by atoms with E-state index in [0.717, 1.165) is 54.9 Å². The zero-order valence-electron chi connectivity index (χ0n) is 28.0. The Balaban J connectivity index is 2.00. The van der Waals surface area contributed by atoms with E-state index in [9.17, 15) is 10.2 Å². The average Bonchev–Trinajstić information content (AvgIpc) is 3.09. The summed E-state index contributed by atoms with van der Waals surface area (Å²) in [5, 5.41) is 30.1. The van der Waals surface area contributed by atoms with Crippen molar-refractivity contribution < 1.29 is 29.2 Å². The second kappa shape index (κ2) is 12.2. The van der Waals surface area contributed by atoms with Crippen LogP contribution in [0.25, 0.3) is 54.2 Å². The van der Waals surface area contributed by atoms with Crippen LogP contribution in [-0.2, 0) is 25.7 Å². The maximum atomic E-state index is 11.9. The van der Waals surface area contributed by atoms with E-state index in [-0.39, 0.29) is 11.5 Å². The first kappa shape index (κ1) is 31.2. The lowest BCUT2D eigenvalue weighted by Gasteiger charge is -2.26. The van der Waals surface area contributed by atoms with Gasteiger partial charge in [0.25, 0.3) is 0 Å². The zero-order valence-corrected chi connectivity index (χ0v) is 28.0. The first-order valence-electron chi connectivity index (χ1n) is 16.0. The predicted octanol–water partition coefficient (Wildman–Crippen LogP) is 9.66. The molecular weight excluding hydrogens is 576 g/mol. The average molecular weight is 619 g/mol. The van der Waals surface area contributed by atoms with Crippen LogP contribution in [0.4, 0.5) is 0 Å². The number of aromatic hydroxyl groups is 2. The second-order valence-electron chi connectivity index (χ2n) is 11.5. The molecule has 6 aromatic rings. The van der Waals surface area contributed by atoms with Crippen LogP contribution in [0.5, 0.6) is 34.5 Å². The fraction of sp³-hybridized carbons (Fsp3) is 0.300. The maximum Gasteiger partial charge on any atom is 0.139 e. The van der Waals surface area contributed by atoms with Crippen molar-refractivity contribution in [2.45, 2.75) is 53.4 Å². The van der Waals surface area contributed by atoms with E-state index in [4.69, 9.17) is 18.9 Å². The molecule has 2 N–H and O–H groups in total. The van der Waals surface area contributed by atoms with Gasteiger partial charge in [-0.1, -0.05) is 76.2 Å². The third-order valence-corrected chi connectivity index (χ3v) is 9.60. The Morgan fingerprint density at radius 1 is 0.413 bits per heavy atom. The standard InChI is InChI=1S/C40H42O6/c1-9-21-23(11-3)37(43-5)33-29(35(21)41)25-17-13-15-19-27(25)31(39(33)45-7)32-28-20-16-14-18-26(28)30-34(40(32)46-8)38(44-6)24(12-4)22(10-2)36(30)42/h13-20,41-42H,9-12H2,1-8H3. The van der Waals surface area contributed by atoms with Gasteiger partial charge in [-0.15, -0.1) is 0 Å². The molecule has 0 radical (unpaired) electrons. The third kappa shape index (κ3) is 4.15. The normalized spacial score (nSPS) is 11.6. The number of phenols is 2. The topological polar surface area (TPSA) is 77.4 Å². The molecule has 6 rings (SSSR count). The van der Waals surface area contributed by atoms with E-state index in [1.54, 1.807) is 28.4 Å². The van der Waals surface area contributed by atoms with E-state index < -0.39 is 0 Å². The van der Waals surface area contributed by atoms with E-state index in [1.807, 2.05) is 36.4 Å². The van der Waals surface area contributed by atoms with Crippen LogP contribution in [0.1, 0.15) is 49.9 Å². The summed E-state index contributed by atoms with van der Waals surface area (Å²) < 4.78 is 25.1. The van der Waals surface area contributed by atoms with Crippen LogP contribution in [0.2, 0.25) is 0 Å². The molecule has 0 amide bonds. The number of rotatable bonds is 9. The van der Waals surface area contributed by atoms with Gasteiger partial charge in [-0.05, 0) is 47.2 Å². The summed E-state index contributed by atoms with van der Waals surface area (Å²) in [6.45, 7) is 8.25. The quantitative estimate of drug-likeness (QED) is 0.157. The summed E-state index contributed by atoms with van der Waals surface area (Å²) in [6.07, 6.45) is 2.68. The number of ether oxygens (including phenoxy) is 4. The molecule has 46 heavy (non-hydrogen) atoms. The van der Waals surface area contributed by atoms with Gasteiger partial charge in [0.05, 0.1) is 39.2 Å². The lowest BCUT2D eigenvalue weighted by atomic mass is 9.83. The Morgan fingerprint density at radius 2 is 0.717 bits per heavy atom. The highest BCUT2D eigenvalue weighted by Gasteiger charge is 2.31. The Morgan fingerprint density at radius 3 is 1.00 bits per heavy atom. The summed E-state index contributed by atoms with van der Waals surface area (Å²) in [4.78, 5) is 0. The molecule has 0 aliphatic rings. The molecule has 238 valence electrons. The van der Waals surface area contributed by atoms with Gasteiger partial charge in [0.2, 0.25) is 0 Å². The number of benzene rings is 6. The Hall–Kier alpha value is -4.84. The van der Waals surface area contributed by atoms with Gasteiger partial charge in [-0.25, -0.2) is 0 Å². The molecule has 0 atom stereocenters. The summed E-state index contributed by atoms with van der Waals surface area (Å²) >= 11 is 0. The smallest absolute Gasteiger partial charge is 0.139 e. The van der Waals surface area contributed by atoms with Crippen molar-refractivity contribution in [3.8, 4) is 45.6 Å². The molecule has 0 fully saturated rings. The van der Waals surface area contributed by atoms with E-state index >= 15 is 0 Å². The largest absolute Gasteiger partial charge is 0.507 e. The molecule has 0 saturated carbocycles. The lowest BCUT2D eigenvalue weighted by molar-refractivity contribution is 0.398. The van der Waals surface area contributed by atoms with Crippen LogP contribution < -0.4 is 18.9 Å². The van der Waals surface area contributed by atoms with Crippen molar-refractivity contribution in [3.63, 3.8) is 0 Å². The zero-order chi connectivity index (χ0) is 32.9. The van der Waals surface area contributed by atoms with Crippen molar-refractivity contribution in [1.29, 1.82) is 0 Å². The third-order valence-electron chi connectivity index (χ3n) is 9.60.